The zero-order chi connectivity index (χ0) is 24.8. The number of carbonyl (C=O) groups is 1. The highest BCUT2D eigenvalue weighted by atomic mass is 16.2. The van der Waals surface area contributed by atoms with E-state index < -0.39 is 0 Å². The molecule has 2 amide bonds. The maximum Gasteiger partial charge on any atom is 0.321 e. The second kappa shape index (κ2) is 8.67. The summed E-state index contributed by atoms with van der Waals surface area (Å²) in [7, 11) is 0. The predicted molar refractivity (Wildman–Crippen MR) is 147 cm³/mol. The van der Waals surface area contributed by atoms with Gasteiger partial charge in [0, 0.05) is 60.7 Å². The van der Waals surface area contributed by atoms with Crippen molar-refractivity contribution < 1.29 is 4.79 Å². The van der Waals surface area contributed by atoms with Crippen LogP contribution in [0.3, 0.4) is 0 Å². The fourth-order valence-electron chi connectivity index (χ4n) is 5.09. The van der Waals surface area contributed by atoms with E-state index in [-0.39, 0.29) is 6.03 Å². The number of aromatic nitrogens is 4. The van der Waals surface area contributed by atoms with Crippen LogP contribution >= 0.6 is 0 Å². The molecule has 0 radical (unpaired) electrons. The van der Waals surface area contributed by atoms with E-state index in [1.54, 1.807) is 12.4 Å². The maximum absolute atomic E-state index is 13.0. The van der Waals surface area contributed by atoms with Crippen molar-refractivity contribution in [3.05, 3.63) is 85.2 Å². The number of nitrogens with one attached hydrogen (secondary N) is 1. The molecular formula is C29H23N7O. The molecule has 0 aliphatic carbocycles. The van der Waals surface area contributed by atoms with Gasteiger partial charge in [-0.2, -0.15) is 0 Å². The van der Waals surface area contributed by atoms with Gasteiger partial charge in [-0.15, -0.1) is 0 Å². The lowest BCUT2D eigenvalue weighted by atomic mass is 10.1. The number of hydrogen-bond donors (Lipinski definition) is 1. The molecule has 0 saturated carbocycles. The molecule has 1 saturated heterocycles. The third kappa shape index (κ3) is 3.74. The van der Waals surface area contributed by atoms with E-state index in [2.05, 4.69) is 32.3 Å². The Bertz CT molecular complexity index is 1800. The maximum atomic E-state index is 13.0. The summed E-state index contributed by atoms with van der Waals surface area (Å²) in [5.41, 5.74) is 6.55. The van der Waals surface area contributed by atoms with Gasteiger partial charge in [0.05, 0.1) is 33.1 Å². The number of pyridine rings is 2. The number of anilines is 2. The van der Waals surface area contributed by atoms with Crippen LogP contribution in [0.5, 0.6) is 0 Å². The van der Waals surface area contributed by atoms with Gasteiger partial charge in [0.1, 0.15) is 0 Å². The highest BCUT2D eigenvalue weighted by Gasteiger charge is 2.21. The molecule has 37 heavy (non-hydrogen) atoms. The summed E-state index contributed by atoms with van der Waals surface area (Å²) in [6.45, 7) is 2.94. The number of para-hydroxylation sites is 1. The highest BCUT2D eigenvalue weighted by molar-refractivity contribution is 6.21. The second-order valence-corrected chi connectivity index (χ2v) is 9.16. The molecule has 0 bridgehead atoms. The lowest BCUT2D eigenvalue weighted by molar-refractivity contribution is 0.208. The molecule has 1 aliphatic rings. The molecular weight excluding hydrogens is 462 g/mol. The van der Waals surface area contributed by atoms with E-state index in [9.17, 15) is 4.79 Å². The van der Waals surface area contributed by atoms with E-state index in [4.69, 9.17) is 9.97 Å². The Kier molecular flexibility index (Phi) is 5.02. The zero-order valence-electron chi connectivity index (χ0n) is 20.0. The average Bonchev–Trinajstić information content (AvgIpc) is 2.97. The smallest absolute Gasteiger partial charge is 0.321 e. The summed E-state index contributed by atoms with van der Waals surface area (Å²) in [6.07, 6.45) is 3.54. The van der Waals surface area contributed by atoms with Crippen molar-refractivity contribution in [1.29, 1.82) is 0 Å². The highest BCUT2D eigenvalue weighted by Crippen LogP contribution is 2.32. The predicted octanol–water partition coefficient (Wildman–Crippen LogP) is 5.23. The first-order valence-corrected chi connectivity index (χ1v) is 12.3. The Labute approximate surface area is 212 Å². The number of carbonyl (C=O) groups excluding carboxylic acids is 1. The van der Waals surface area contributed by atoms with Crippen LogP contribution in [0.15, 0.2) is 85.2 Å². The molecule has 1 N–H and O–H groups in total. The number of nitrogens with zero attached hydrogens (tertiary/aromatic N) is 6. The largest absolute Gasteiger partial charge is 0.368 e. The van der Waals surface area contributed by atoms with Gasteiger partial charge >= 0.3 is 6.03 Å². The Morgan fingerprint density at radius 2 is 1.32 bits per heavy atom. The summed E-state index contributed by atoms with van der Waals surface area (Å²) in [4.78, 5) is 36.3. The minimum Gasteiger partial charge on any atom is -0.368 e. The molecule has 8 nitrogen and oxygen atoms in total. The summed E-state index contributed by atoms with van der Waals surface area (Å²) in [5, 5.41) is 4.88. The van der Waals surface area contributed by atoms with Gasteiger partial charge in [-0.25, -0.2) is 14.8 Å². The quantitative estimate of drug-likeness (QED) is 0.267. The molecule has 8 heteroatoms. The fourth-order valence-corrected chi connectivity index (χ4v) is 5.09. The number of fused-ring (bicyclic) bond motifs is 7. The Hall–Kier alpha value is -4.85. The lowest BCUT2D eigenvalue weighted by Crippen LogP contribution is -2.50. The lowest BCUT2D eigenvalue weighted by Gasteiger charge is -2.36. The number of hydrogen-bond acceptors (Lipinski definition) is 6. The van der Waals surface area contributed by atoms with E-state index in [1.165, 1.54) is 5.69 Å². The van der Waals surface area contributed by atoms with Crippen LogP contribution in [0.25, 0.3) is 43.9 Å². The second-order valence-electron chi connectivity index (χ2n) is 9.16. The molecule has 3 aromatic heterocycles. The van der Waals surface area contributed by atoms with Crippen LogP contribution in [0.4, 0.5) is 16.2 Å². The van der Waals surface area contributed by atoms with Crippen molar-refractivity contribution in [2.45, 2.75) is 0 Å². The van der Waals surface area contributed by atoms with Gasteiger partial charge in [-0.3, -0.25) is 9.97 Å². The molecule has 7 rings (SSSR count). The molecule has 1 aliphatic heterocycles. The standard InChI is InChI=1S/C29H23N7O/c37-29(36-16-14-35(15-17-36)20-6-2-1-3-7-20)32-19-10-11-23-24(18-19)34-28-22-9-5-13-31-26(22)25-21(27(28)33-23)8-4-12-30-25/h1-13,18H,14-17H2,(H,32,37). The molecule has 180 valence electrons. The topological polar surface area (TPSA) is 87.1 Å². The van der Waals surface area contributed by atoms with Crippen molar-refractivity contribution in [3.8, 4) is 0 Å². The van der Waals surface area contributed by atoms with Gasteiger partial charge in [0.2, 0.25) is 0 Å². The normalized spacial score (nSPS) is 14.1. The van der Waals surface area contributed by atoms with Crippen LogP contribution in [-0.4, -0.2) is 57.0 Å². The molecule has 3 aromatic carbocycles. The van der Waals surface area contributed by atoms with Crippen LogP contribution in [0.1, 0.15) is 0 Å². The fraction of sp³-hybridized carbons (Fsp3) is 0.138. The first-order chi connectivity index (χ1) is 18.2. The number of rotatable bonds is 2. The summed E-state index contributed by atoms with van der Waals surface area (Å²) in [6, 6.07) is 23.7. The van der Waals surface area contributed by atoms with Crippen LogP contribution in [-0.2, 0) is 0 Å². The Morgan fingerprint density at radius 3 is 2.00 bits per heavy atom. The van der Waals surface area contributed by atoms with E-state index in [0.29, 0.717) is 24.3 Å². The molecule has 1 fully saturated rings. The van der Waals surface area contributed by atoms with Crippen molar-refractivity contribution in [2.75, 3.05) is 36.4 Å². The van der Waals surface area contributed by atoms with Crippen molar-refractivity contribution in [1.82, 2.24) is 24.8 Å². The van der Waals surface area contributed by atoms with Crippen molar-refractivity contribution in [3.63, 3.8) is 0 Å². The molecule has 0 atom stereocenters. The van der Waals surface area contributed by atoms with Gasteiger partial charge in [-0.1, -0.05) is 18.2 Å². The molecule has 6 aromatic rings. The van der Waals surface area contributed by atoms with Gasteiger partial charge in [0.25, 0.3) is 0 Å². The van der Waals surface area contributed by atoms with Gasteiger partial charge in [-0.05, 0) is 54.6 Å². The third-order valence-corrected chi connectivity index (χ3v) is 6.95. The third-order valence-electron chi connectivity index (χ3n) is 6.95. The monoisotopic (exact) mass is 485 g/mol. The molecule has 4 heterocycles. The van der Waals surface area contributed by atoms with E-state index in [0.717, 1.165) is 51.4 Å². The SMILES string of the molecule is O=C(Nc1ccc2nc3c4cccnc4c4ncccc4c3nc2c1)N1CCN(c2ccccc2)CC1. The van der Waals surface area contributed by atoms with Crippen LogP contribution in [0.2, 0.25) is 0 Å². The Morgan fingerprint density at radius 1 is 0.676 bits per heavy atom. The number of benzene rings is 3. The van der Waals surface area contributed by atoms with Crippen LogP contribution < -0.4 is 10.2 Å². The first-order valence-electron chi connectivity index (χ1n) is 12.3. The molecule has 0 spiro atoms. The van der Waals surface area contributed by atoms with Crippen molar-refractivity contribution in [2.24, 2.45) is 0 Å². The van der Waals surface area contributed by atoms with Crippen molar-refractivity contribution >= 4 is 61.3 Å². The van der Waals surface area contributed by atoms with Crippen LogP contribution in [0, 0.1) is 0 Å². The Balaban J connectivity index is 1.19. The summed E-state index contributed by atoms with van der Waals surface area (Å²) >= 11 is 0. The summed E-state index contributed by atoms with van der Waals surface area (Å²) < 4.78 is 0. The number of urea groups is 1. The number of amides is 2. The first kappa shape index (κ1) is 21.4. The number of piperazine rings is 1. The van der Waals surface area contributed by atoms with E-state index >= 15 is 0 Å². The van der Waals surface area contributed by atoms with E-state index in [1.807, 2.05) is 65.6 Å². The summed E-state index contributed by atoms with van der Waals surface area (Å²) in [5.74, 6) is 0. The molecule has 0 unspecified atom stereocenters. The van der Waals surface area contributed by atoms with Gasteiger partial charge in [0.15, 0.2) is 0 Å². The van der Waals surface area contributed by atoms with Gasteiger partial charge < -0.3 is 15.1 Å². The minimum atomic E-state index is -0.104. The average molecular weight is 486 g/mol. The zero-order valence-corrected chi connectivity index (χ0v) is 20.0. The minimum absolute atomic E-state index is 0.104.